The Bertz CT molecular complexity index is 1500. The maximum atomic E-state index is 14.4. The van der Waals surface area contributed by atoms with Crippen molar-refractivity contribution in [3.8, 4) is 5.75 Å². The molecule has 0 unspecified atom stereocenters. The Morgan fingerprint density at radius 2 is 1.21 bits per heavy atom. The number of Topliss-reactive ketones (excluding diaryl/α,β-unsaturated/α-hetero) is 1. The molecule has 1 aliphatic rings. The summed E-state index contributed by atoms with van der Waals surface area (Å²) in [6.07, 6.45) is -2.13. The van der Waals surface area contributed by atoms with Crippen molar-refractivity contribution in [1.29, 1.82) is 0 Å². The first-order chi connectivity index (χ1) is 21.0. The van der Waals surface area contributed by atoms with Gasteiger partial charge in [-0.1, -0.05) is 103 Å². The first-order valence-electron chi connectivity index (χ1n) is 14.4. The van der Waals surface area contributed by atoms with Crippen molar-refractivity contribution >= 4 is 17.7 Å². The molecule has 1 saturated heterocycles. The zero-order valence-corrected chi connectivity index (χ0v) is 24.2. The molecule has 0 amide bonds. The van der Waals surface area contributed by atoms with Crippen LogP contribution in [0.4, 0.5) is 0 Å². The second kappa shape index (κ2) is 13.5. The SMILES string of the molecule is CCOC(=O)C1(C(=O)OCC)[C@H](C(=O)c2ccccc2)[C@H](c2ccccc2)O[C@H]1c1ccc(OCc2ccccc2)cc1. The first-order valence-corrected chi connectivity index (χ1v) is 14.4. The van der Waals surface area contributed by atoms with Crippen LogP contribution in [0.2, 0.25) is 0 Å². The van der Waals surface area contributed by atoms with Crippen LogP contribution in [0, 0.1) is 11.3 Å². The van der Waals surface area contributed by atoms with Gasteiger partial charge in [-0.15, -0.1) is 0 Å². The van der Waals surface area contributed by atoms with Crippen LogP contribution in [0.25, 0.3) is 0 Å². The summed E-state index contributed by atoms with van der Waals surface area (Å²) in [4.78, 5) is 42.7. The van der Waals surface area contributed by atoms with E-state index < -0.39 is 41.3 Å². The average molecular weight is 579 g/mol. The highest BCUT2D eigenvalue weighted by Crippen LogP contribution is 2.59. The molecule has 7 heteroatoms. The van der Waals surface area contributed by atoms with Gasteiger partial charge in [0.25, 0.3) is 0 Å². The van der Waals surface area contributed by atoms with Gasteiger partial charge in [-0.25, -0.2) is 0 Å². The normalized spacial score (nSPS) is 18.9. The summed E-state index contributed by atoms with van der Waals surface area (Å²) in [5.74, 6) is -2.82. The Kier molecular flexibility index (Phi) is 9.32. The molecule has 1 heterocycles. The number of carbonyl (C=O) groups excluding carboxylic acids is 3. The smallest absolute Gasteiger partial charge is 0.327 e. The van der Waals surface area contributed by atoms with Crippen molar-refractivity contribution in [2.45, 2.75) is 32.7 Å². The Balaban J connectivity index is 1.63. The van der Waals surface area contributed by atoms with Gasteiger partial charge in [0.2, 0.25) is 5.41 Å². The fourth-order valence-electron chi connectivity index (χ4n) is 5.65. The highest BCUT2D eigenvalue weighted by molar-refractivity contribution is 6.10. The molecule has 0 saturated carbocycles. The Morgan fingerprint density at radius 1 is 0.674 bits per heavy atom. The largest absolute Gasteiger partial charge is 0.489 e. The van der Waals surface area contributed by atoms with Gasteiger partial charge < -0.3 is 18.9 Å². The van der Waals surface area contributed by atoms with Crippen molar-refractivity contribution in [2.75, 3.05) is 13.2 Å². The first kappa shape index (κ1) is 29.7. The lowest BCUT2D eigenvalue weighted by Gasteiger charge is -2.33. The van der Waals surface area contributed by atoms with E-state index in [4.69, 9.17) is 18.9 Å². The maximum absolute atomic E-state index is 14.4. The van der Waals surface area contributed by atoms with Crippen LogP contribution in [0.1, 0.15) is 53.1 Å². The molecule has 1 fully saturated rings. The van der Waals surface area contributed by atoms with Crippen molar-refractivity contribution in [3.63, 3.8) is 0 Å². The molecule has 7 nitrogen and oxygen atoms in total. The maximum Gasteiger partial charge on any atom is 0.327 e. The molecule has 5 rings (SSSR count). The van der Waals surface area contributed by atoms with Gasteiger partial charge in [0.15, 0.2) is 5.78 Å². The van der Waals surface area contributed by atoms with Crippen LogP contribution in [-0.4, -0.2) is 30.9 Å². The number of ketones is 1. The van der Waals surface area contributed by atoms with Crippen LogP contribution in [0.15, 0.2) is 115 Å². The summed E-state index contributed by atoms with van der Waals surface area (Å²) >= 11 is 0. The van der Waals surface area contributed by atoms with Crippen LogP contribution >= 0.6 is 0 Å². The molecule has 220 valence electrons. The van der Waals surface area contributed by atoms with Gasteiger partial charge in [-0.05, 0) is 42.7 Å². The summed E-state index contributed by atoms with van der Waals surface area (Å²) in [5, 5.41) is 0. The van der Waals surface area contributed by atoms with Crippen molar-refractivity contribution in [2.24, 2.45) is 11.3 Å². The minimum atomic E-state index is -2.12. The summed E-state index contributed by atoms with van der Waals surface area (Å²) in [7, 11) is 0. The van der Waals surface area contributed by atoms with E-state index in [2.05, 4.69) is 0 Å². The van der Waals surface area contributed by atoms with E-state index in [1.165, 1.54) is 0 Å². The number of hydrogen-bond acceptors (Lipinski definition) is 7. The highest BCUT2D eigenvalue weighted by atomic mass is 16.6. The Labute approximate surface area is 251 Å². The molecule has 43 heavy (non-hydrogen) atoms. The lowest BCUT2D eigenvalue weighted by Crippen LogP contribution is -2.51. The fraction of sp³-hybridized carbons (Fsp3) is 0.250. The number of carbonyl (C=O) groups is 3. The minimum absolute atomic E-state index is 0.00121. The highest BCUT2D eigenvalue weighted by Gasteiger charge is 2.70. The molecule has 0 radical (unpaired) electrons. The molecule has 0 spiro atoms. The van der Waals surface area contributed by atoms with E-state index in [1.807, 2.05) is 60.7 Å². The van der Waals surface area contributed by atoms with Gasteiger partial charge in [0, 0.05) is 5.56 Å². The molecule has 4 aromatic rings. The lowest BCUT2D eigenvalue weighted by molar-refractivity contribution is -0.178. The van der Waals surface area contributed by atoms with Crippen molar-refractivity contribution < 1.29 is 33.3 Å². The predicted molar refractivity (Wildman–Crippen MR) is 160 cm³/mol. The quantitative estimate of drug-likeness (QED) is 0.111. The summed E-state index contributed by atoms with van der Waals surface area (Å²) < 4.78 is 23.7. The van der Waals surface area contributed by atoms with Crippen LogP contribution in [0.3, 0.4) is 0 Å². The van der Waals surface area contributed by atoms with E-state index in [1.54, 1.807) is 68.4 Å². The molecule has 1 aliphatic heterocycles. The zero-order chi connectivity index (χ0) is 30.2. The molecule has 4 aromatic carbocycles. The topological polar surface area (TPSA) is 88.1 Å². The van der Waals surface area contributed by atoms with Crippen LogP contribution < -0.4 is 4.74 Å². The summed E-state index contributed by atoms with van der Waals surface area (Å²) in [6.45, 7) is 3.69. The molecule has 0 bridgehead atoms. The number of hydrogen-bond donors (Lipinski definition) is 0. The predicted octanol–water partition coefficient (Wildman–Crippen LogP) is 6.69. The van der Waals surface area contributed by atoms with E-state index in [9.17, 15) is 14.4 Å². The molecule has 0 N–H and O–H groups in total. The standard InChI is InChI=1S/C36H34O7/c1-3-40-34(38)36(35(39)41-4-2)30(31(37)26-16-10-6-11-17-26)32(27-18-12-7-13-19-27)43-33(36)28-20-22-29(23-21-28)42-24-25-14-8-5-9-15-25/h5-23,30,32-33H,3-4,24H2,1-2H3/t30-,32+,33+/m1/s1. The van der Waals surface area contributed by atoms with Crippen molar-refractivity contribution in [3.05, 3.63) is 138 Å². The van der Waals surface area contributed by atoms with E-state index in [0.29, 0.717) is 29.0 Å². The van der Waals surface area contributed by atoms with Gasteiger partial charge in [0.05, 0.1) is 25.2 Å². The van der Waals surface area contributed by atoms with Gasteiger partial charge in [-0.3, -0.25) is 14.4 Å². The molecule has 0 aromatic heterocycles. The monoisotopic (exact) mass is 578 g/mol. The number of rotatable bonds is 11. The van der Waals surface area contributed by atoms with Gasteiger partial charge in [-0.2, -0.15) is 0 Å². The van der Waals surface area contributed by atoms with Gasteiger partial charge in [0.1, 0.15) is 18.5 Å². The third-order valence-electron chi connectivity index (χ3n) is 7.62. The second-order valence-corrected chi connectivity index (χ2v) is 10.2. The molecule has 0 aliphatic carbocycles. The summed E-state index contributed by atoms with van der Waals surface area (Å²) in [6, 6.07) is 34.5. The number of esters is 2. The summed E-state index contributed by atoms with van der Waals surface area (Å²) in [5.41, 5.74) is 0.409. The Morgan fingerprint density at radius 3 is 1.77 bits per heavy atom. The third-order valence-corrected chi connectivity index (χ3v) is 7.62. The molecular weight excluding hydrogens is 544 g/mol. The van der Waals surface area contributed by atoms with E-state index >= 15 is 0 Å². The van der Waals surface area contributed by atoms with Crippen LogP contribution in [-0.2, 0) is 30.4 Å². The van der Waals surface area contributed by atoms with Gasteiger partial charge >= 0.3 is 11.9 Å². The molecular formula is C36H34O7. The average Bonchev–Trinajstić information content (AvgIpc) is 3.42. The fourth-order valence-corrected chi connectivity index (χ4v) is 5.65. The number of ether oxygens (including phenoxy) is 4. The second-order valence-electron chi connectivity index (χ2n) is 10.2. The lowest BCUT2D eigenvalue weighted by atomic mass is 9.66. The van der Waals surface area contributed by atoms with Crippen LogP contribution in [0.5, 0.6) is 5.75 Å². The number of benzene rings is 4. The Hall–Kier alpha value is -4.75. The van der Waals surface area contributed by atoms with Crippen molar-refractivity contribution in [1.82, 2.24) is 0 Å². The van der Waals surface area contributed by atoms with E-state index in [-0.39, 0.29) is 13.2 Å². The third kappa shape index (κ3) is 5.94. The zero-order valence-electron chi connectivity index (χ0n) is 24.2. The minimum Gasteiger partial charge on any atom is -0.489 e. The molecule has 3 atom stereocenters. The van der Waals surface area contributed by atoms with E-state index in [0.717, 1.165) is 5.56 Å².